The lowest BCUT2D eigenvalue weighted by atomic mass is 10.1. The molecule has 0 spiro atoms. The molecule has 1 aromatic rings. The van der Waals surface area contributed by atoms with Crippen LogP contribution in [0.2, 0.25) is 0 Å². The molecule has 0 unspecified atom stereocenters. The van der Waals surface area contributed by atoms with Gasteiger partial charge in [0, 0.05) is 6.54 Å². The number of hydrogen-bond donors (Lipinski definition) is 2. The van der Waals surface area contributed by atoms with E-state index in [9.17, 15) is 4.79 Å². The second kappa shape index (κ2) is 7.98. The summed E-state index contributed by atoms with van der Waals surface area (Å²) in [5.41, 5.74) is 0.985. The number of carbonyl (C=O) groups excluding carboxylic acids is 1. The topological polar surface area (TPSA) is 49.3 Å². The molecule has 4 heteroatoms. The van der Waals surface area contributed by atoms with Gasteiger partial charge in [0.1, 0.15) is 6.61 Å². The summed E-state index contributed by atoms with van der Waals surface area (Å²) in [5.74, 6) is 6.10. The van der Waals surface area contributed by atoms with Crippen LogP contribution in [0.5, 0.6) is 0 Å². The van der Waals surface area contributed by atoms with E-state index in [1.807, 2.05) is 13.0 Å². The Bertz CT molecular complexity index is 480. The van der Waals surface area contributed by atoms with Crippen molar-refractivity contribution in [3.63, 3.8) is 0 Å². The van der Waals surface area contributed by atoms with Gasteiger partial charge in [0.2, 0.25) is 0 Å². The number of aliphatic hydroxyl groups is 1. The summed E-state index contributed by atoms with van der Waals surface area (Å²) in [7, 11) is 0. The van der Waals surface area contributed by atoms with Crippen LogP contribution >= 0.6 is 11.3 Å². The maximum absolute atomic E-state index is 11.9. The SMILES string of the molecule is Cc1cc(C(=O)NCCCC(C)C)sc1C#CCO. The summed E-state index contributed by atoms with van der Waals surface area (Å²) in [6.07, 6.45) is 2.13. The second-order valence-corrected chi connectivity index (χ2v) is 5.93. The van der Waals surface area contributed by atoms with E-state index < -0.39 is 0 Å². The van der Waals surface area contributed by atoms with Gasteiger partial charge in [0.15, 0.2) is 0 Å². The molecule has 3 nitrogen and oxygen atoms in total. The van der Waals surface area contributed by atoms with Crippen LogP contribution in [0.25, 0.3) is 0 Å². The minimum atomic E-state index is -0.159. The van der Waals surface area contributed by atoms with E-state index in [0.717, 1.165) is 23.3 Å². The smallest absolute Gasteiger partial charge is 0.261 e. The standard InChI is InChI=1S/C15H21NO2S/c1-11(2)6-4-8-16-15(18)14-10-12(3)13(19-14)7-5-9-17/h10-11,17H,4,6,8-9H2,1-3H3,(H,16,18). The van der Waals surface area contributed by atoms with E-state index in [1.54, 1.807) is 0 Å². The maximum atomic E-state index is 11.9. The zero-order chi connectivity index (χ0) is 14.3. The van der Waals surface area contributed by atoms with Crippen LogP contribution in [-0.4, -0.2) is 24.2 Å². The van der Waals surface area contributed by atoms with Gasteiger partial charge in [0.05, 0.1) is 9.75 Å². The van der Waals surface area contributed by atoms with Crippen molar-refractivity contribution < 1.29 is 9.90 Å². The molecule has 0 radical (unpaired) electrons. The third-order valence-electron chi connectivity index (χ3n) is 2.67. The molecule has 0 atom stereocenters. The predicted octanol–water partition coefficient (Wildman–Crippen LogP) is 2.57. The van der Waals surface area contributed by atoms with E-state index in [-0.39, 0.29) is 12.5 Å². The summed E-state index contributed by atoms with van der Waals surface area (Å²) in [4.78, 5) is 13.5. The van der Waals surface area contributed by atoms with Gasteiger partial charge < -0.3 is 10.4 Å². The van der Waals surface area contributed by atoms with Gasteiger partial charge in [-0.05, 0) is 37.3 Å². The summed E-state index contributed by atoms with van der Waals surface area (Å²) in [5, 5.41) is 11.6. The third kappa shape index (κ3) is 5.46. The first-order chi connectivity index (χ1) is 9.04. The lowest BCUT2D eigenvalue weighted by Crippen LogP contribution is -2.23. The Labute approximate surface area is 119 Å². The Hall–Kier alpha value is -1.31. The fourth-order valence-corrected chi connectivity index (χ4v) is 2.60. The highest BCUT2D eigenvalue weighted by Crippen LogP contribution is 2.20. The Balaban J connectivity index is 2.53. The van der Waals surface area contributed by atoms with Crippen LogP contribution in [0, 0.1) is 24.7 Å². The van der Waals surface area contributed by atoms with Gasteiger partial charge in [-0.25, -0.2) is 0 Å². The largest absolute Gasteiger partial charge is 0.384 e. The molecule has 0 aromatic carbocycles. The van der Waals surface area contributed by atoms with Crippen molar-refractivity contribution in [2.24, 2.45) is 5.92 Å². The fraction of sp³-hybridized carbons (Fsp3) is 0.533. The molecule has 1 rings (SSSR count). The first kappa shape index (κ1) is 15.7. The lowest BCUT2D eigenvalue weighted by Gasteiger charge is -2.05. The molecule has 0 aliphatic rings. The van der Waals surface area contributed by atoms with Crippen molar-refractivity contribution >= 4 is 17.2 Å². The van der Waals surface area contributed by atoms with E-state index in [0.29, 0.717) is 17.3 Å². The van der Waals surface area contributed by atoms with Gasteiger partial charge in [-0.2, -0.15) is 0 Å². The zero-order valence-corrected chi connectivity index (χ0v) is 12.6. The van der Waals surface area contributed by atoms with Crippen LogP contribution in [0.1, 0.15) is 46.8 Å². The Morgan fingerprint density at radius 2 is 2.26 bits per heavy atom. The number of aliphatic hydroxyl groups excluding tert-OH is 1. The number of nitrogens with one attached hydrogen (secondary N) is 1. The van der Waals surface area contributed by atoms with Gasteiger partial charge >= 0.3 is 0 Å². The molecule has 1 aromatic heterocycles. The number of amides is 1. The molecule has 0 aliphatic carbocycles. The molecule has 0 bridgehead atoms. The summed E-state index contributed by atoms with van der Waals surface area (Å²) in [6.45, 7) is 6.83. The molecule has 0 saturated heterocycles. The normalized spacial score (nSPS) is 10.2. The fourth-order valence-electron chi connectivity index (χ4n) is 1.64. The molecule has 0 aliphatic heterocycles. The van der Waals surface area contributed by atoms with E-state index in [1.165, 1.54) is 11.3 Å². The summed E-state index contributed by atoms with van der Waals surface area (Å²) in [6, 6.07) is 1.85. The van der Waals surface area contributed by atoms with Crippen LogP contribution < -0.4 is 5.32 Å². The van der Waals surface area contributed by atoms with Gasteiger partial charge in [0.25, 0.3) is 5.91 Å². The minimum absolute atomic E-state index is 0.0334. The quantitative estimate of drug-likeness (QED) is 0.643. The molecular formula is C15H21NO2S. The Kier molecular flexibility index (Phi) is 6.61. The van der Waals surface area contributed by atoms with Crippen molar-refractivity contribution in [2.45, 2.75) is 33.6 Å². The van der Waals surface area contributed by atoms with Crippen molar-refractivity contribution in [3.8, 4) is 11.8 Å². The van der Waals surface area contributed by atoms with Crippen LogP contribution in [0.15, 0.2) is 6.07 Å². The van der Waals surface area contributed by atoms with E-state index >= 15 is 0 Å². The average molecular weight is 279 g/mol. The Morgan fingerprint density at radius 3 is 2.89 bits per heavy atom. The Morgan fingerprint density at radius 1 is 1.53 bits per heavy atom. The van der Waals surface area contributed by atoms with Crippen molar-refractivity contribution in [2.75, 3.05) is 13.2 Å². The van der Waals surface area contributed by atoms with Crippen LogP contribution in [0.3, 0.4) is 0 Å². The molecule has 19 heavy (non-hydrogen) atoms. The summed E-state index contributed by atoms with van der Waals surface area (Å²) < 4.78 is 0. The van der Waals surface area contributed by atoms with Crippen molar-refractivity contribution in [1.29, 1.82) is 0 Å². The maximum Gasteiger partial charge on any atom is 0.261 e. The molecule has 104 valence electrons. The predicted molar refractivity (Wildman–Crippen MR) is 79.4 cm³/mol. The average Bonchev–Trinajstić information content (AvgIpc) is 2.73. The molecular weight excluding hydrogens is 258 g/mol. The van der Waals surface area contributed by atoms with Gasteiger partial charge in [-0.15, -0.1) is 11.3 Å². The second-order valence-electron chi connectivity index (χ2n) is 4.87. The molecule has 1 amide bonds. The zero-order valence-electron chi connectivity index (χ0n) is 11.7. The third-order valence-corrected chi connectivity index (χ3v) is 3.82. The number of rotatable bonds is 5. The number of thiophene rings is 1. The van der Waals surface area contributed by atoms with Crippen LogP contribution in [0.4, 0.5) is 0 Å². The van der Waals surface area contributed by atoms with Gasteiger partial charge in [-0.3, -0.25) is 4.79 Å². The molecule has 2 N–H and O–H groups in total. The van der Waals surface area contributed by atoms with Gasteiger partial charge in [-0.1, -0.05) is 25.7 Å². The monoisotopic (exact) mass is 279 g/mol. The minimum Gasteiger partial charge on any atom is -0.384 e. The van der Waals surface area contributed by atoms with E-state index in [2.05, 4.69) is 31.0 Å². The lowest BCUT2D eigenvalue weighted by molar-refractivity contribution is 0.0956. The first-order valence-corrected chi connectivity index (χ1v) is 7.34. The first-order valence-electron chi connectivity index (χ1n) is 6.53. The van der Waals surface area contributed by atoms with E-state index in [4.69, 9.17) is 5.11 Å². The summed E-state index contributed by atoms with van der Waals surface area (Å²) >= 11 is 1.38. The van der Waals surface area contributed by atoms with Crippen molar-refractivity contribution in [1.82, 2.24) is 5.32 Å². The van der Waals surface area contributed by atoms with Crippen molar-refractivity contribution in [3.05, 3.63) is 21.4 Å². The number of aryl methyl sites for hydroxylation is 1. The molecule has 0 fully saturated rings. The number of carbonyl (C=O) groups is 1. The molecule has 0 saturated carbocycles. The number of hydrogen-bond acceptors (Lipinski definition) is 3. The van der Waals surface area contributed by atoms with Crippen LogP contribution in [-0.2, 0) is 0 Å². The highest BCUT2D eigenvalue weighted by atomic mass is 32.1. The highest BCUT2D eigenvalue weighted by Gasteiger charge is 2.10. The molecule has 1 heterocycles. The highest BCUT2D eigenvalue weighted by molar-refractivity contribution is 7.14.